The predicted octanol–water partition coefficient (Wildman–Crippen LogP) is 5.68. The molecule has 0 unspecified atom stereocenters. The summed E-state index contributed by atoms with van der Waals surface area (Å²) in [6, 6.07) is 57.7. The average Bonchev–Trinajstić information content (AvgIpc) is 3.51. The van der Waals surface area contributed by atoms with Crippen molar-refractivity contribution in [3.8, 4) is 11.5 Å². The van der Waals surface area contributed by atoms with Crippen LogP contribution in [0.25, 0.3) is 21.9 Å². The molecule has 8 aromatic rings. The normalized spacial score (nSPS) is 14.6. The van der Waals surface area contributed by atoms with Crippen LogP contribution in [0.15, 0.2) is 162 Å². The zero-order valence-electron chi connectivity index (χ0n) is 25.4. The Balaban J connectivity index is 1.28. The highest BCUT2D eigenvalue weighted by molar-refractivity contribution is 7.27. The van der Waals surface area contributed by atoms with Gasteiger partial charge in [-0.3, -0.25) is 0 Å². The molecule has 3 nitrogen and oxygen atoms in total. The number of anilines is 3. The molecule has 47 heavy (non-hydrogen) atoms. The Hall–Kier alpha value is -5.78. The standard InChI is InChI=1S/C42H26BNO2Si/c1-3-12-28(13-4-1)47(29-14-5-2-6-15-29)38-22-10-18-33-41(38)43-40-32(17-9-20-35(40)46-36-21-11-23-39(47)42(36)43)44(33)27-24-25-31-30-16-7-8-19-34(30)45-37(31)26-27/h1-26H. The maximum atomic E-state index is 6.89. The van der Waals surface area contributed by atoms with Crippen LogP contribution in [0.3, 0.4) is 0 Å². The zero-order chi connectivity index (χ0) is 30.7. The Kier molecular flexibility index (Phi) is 4.95. The van der Waals surface area contributed by atoms with Crippen molar-refractivity contribution in [3.63, 3.8) is 0 Å². The summed E-state index contributed by atoms with van der Waals surface area (Å²) in [4.78, 5) is 2.44. The van der Waals surface area contributed by atoms with Crippen LogP contribution >= 0.6 is 0 Å². The lowest BCUT2D eigenvalue weighted by molar-refractivity contribution is 0.488. The minimum atomic E-state index is -2.78. The van der Waals surface area contributed by atoms with Crippen LogP contribution in [0.4, 0.5) is 17.1 Å². The fourth-order valence-corrected chi connectivity index (χ4v) is 14.2. The van der Waals surface area contributed by atoms with Gasteiger partial charge in [0.1, 0.15) is 22.7 Å². The van der Waals surface area contributed by atoms with E-state index >= 15 is 0 Å². The summed E-state index contributed by atoms with van der Waals surface area (Å²) >= 11 is 0. The summed E-state index contributed by atoms with van der Waals surface area (Å²) < 4.78 is 13.3. The second kappa shape index (κ2) is 9.15. The van der Waals surface area contributed by atoms with Crippen molar-refractivity contribution >= 4 is 90.9 Å². The van der Waals surface area contributed by atoms with Crippen LogP contribution in [0.2, 0.25) is 0 Å². The predicted molar refractivity (Wildman–Crippen MR) is 197 cm³/mol. The van der Waals surface area contributed by atoms with Crippen molar-refractivity contribution < 1.29 is 9.15 Å². The monoisotopic (exact) mass is 615 g/mol. The molecule has 0 fully saturated rings. The van der Waals surface area contributed by atoms with Gasteiger partial charge in [0.15, 0.2) is 8.07 Å². The highest BCUT2D eigenvalue weighted by atomic mass is 28.3. The molecule has 7 aromatic carbocycles. The Bertz CT molecular complexity index is 2540. The van der Waals surface area contributed by atoms with Crippen LogP contribution in [-0.2, 0) is 0 Å². The lowest BCUT2D eigenvalue weighted by Gasteiger charge is -2.49. The van der Waals surface area contributed by atoms with E-state index in [0.717, 1.165) is 44.8 Å². The number of ether oxygens (including phenoxy) is 1. The largest absolute Gasteiger partial charge is 0.458 e. The SMILES string of the molecule is c1ccc([Si]2(c3ccccc3)c3cccc4c3B3c5c(cccc5N(c5ccc6c(c5)oc5ccccc56)c5cccc2c53)O4)cc1. The van der Waals surface area contributed by atoms with E-state index in [9.17, 15) is 0 Å². The van der Waals surface area contributed by atoms with E-state index < -0.39 is 8.07 Å². The molecule has 0 spiro atoms. The topological polar surface area (TPSA) is 25.6 Å². The molecular weight excluding hydrogens is 589 g/mol. The van der Waals surface area contributed by atoms with E-state index in [1.807, 2.05) is 12.1 Å². The first-order chi connectivity index (χ1) is 23.3. The Morgan fingerprint density at radius 2 is 1.06 bits per heavy atom. The molecule has 1 aromatic heterocycles. The summed E-state index contributed by atoms with van der Waals surface area (Å²) in [5.74, 6) is 1.90. The number of nitrogens with zero attached hydrogens (tertiary/aromatic N) is 1. The summed E-state index contributed by atoms with van der Waals surface area (Å²) in [5.41, 5.74) is 9.20. The number of hydrogen-bond donors (Lipinski definition) is 0. The van der Waals surface area contributed by atoms with Gasteiger partial charge in [0, 0.05) is 33.9 Å². The summed E-state index contributed by atoms with van der Waals surface area (Å²) in [6.45, 7) is 0.0755. The molecule has 0 saturated carbocycles. The first kappa shape index (κ1) is 25.4. The molecule has 0 amide bonds. The van der Waals surface area contributed by atoms with Gasteiger partial charge in [0.25, 0.3) is 6.71 Å². The number of furan rings is 1. The molecule has 0 radical (unpaired) electrons. The van der Waals surface area contributed by atoms with E-state index in [4.69, 9.17) is 9.15 Å². The van der Waals surface area contributed by atoms with Gasteiger partial charge in [-0.15, -0.1) is 0 Å². The smallest absolute Gasteiger partial charge is 0.256 e. The molecular formula is C42H26BNO2Si. The van der Waals surface area contributed by atoms with Crippen molar-refractivity contribution in [3.05, 3.63) is 158 Å². The first-order valence-electron chi connectivity index (χ1n) is 16.2. The summed E-state index contributed by atoms with van der Waals surface area (Å²) in [7, 11) is -2.78. The fourth-order valence-electron chi connectivity index (χ4n) is 8.87. The van der Waals surface area contributed by atoms with Gasteiger partial charge >= 0.3 is 0 Å². The maximum Gasteiger partial charge on any atom is 0.256 e. The molecule has 3 aliphatic heterocycles. The molecule has 11 rings (SSSR count). The molecule has 0 aliphatic carbocycles. The zero-order valence-corrected chi connectivity index (χ0v) is 26.4. The fraction of sp³-hybridized carbons (Fsp3) is 0. The lowest BCUT2D eigenvalue weighted by atomic mass is 9.34. The third kappa shape index (κ3) is 3.17. The third-order valence-corrected chi connectivity index (χ3v) is 15.5. The number of rotatable bonds is 3. The van der Waals surface area contributed by atoms with Crippen molar-refractivity contribution in [1.82, 2.24) is 0 Å². The van der Waals surface area contributed by atoms with Gasteiger partial charge in [-0.25, -0.2) is 0 Å². The minimum absolute atomic E-state index is 0.0755. The van der Waals surface area contributed by atoms with E-state index in [1.165, 1.54) is 42.8 Å². The highest BCUT2D eigenvalue weighted by Crippen LogP contribution is 2.42. The highest BCUT2D eigenvalue weighted by Gasteiger charge is 2.55. The van der Waals surface area contributed by atoms with E-state index in [0.29, 0.717) is 0 Å². The minimum Gasteiger partial charge on any atom is -0.458 e. The van der Waals surface area contributed by atoms with Gasteiger partial charge in [0.2, 0.25) is 0 Å². The van der Waals surface area contributed by atoms with Crippen LogP contribution in [0.5, 0.6) is 11.5 Å². The van der Waals surface area contributed by atoms with E-state index in [2.05, 4.69) is 150 Å². The van der Waals surface area contributed by atoms with Crippen molar-refractivity contribution in [2.24, 2.45) is 0 Å². The Labute approximate surface area is 273 Å². The molecule has 218 valence electrons. The van der Waals surface area contributed by atoms with Gasteiger partial charge < -0.3 is 14.1 Å². The van der Waals surface area contributed by atoms with E-state index in [1.54, 1.807) is 0 Å². The average molecular weight is 616 g/mol. The number of hydrogen-bond acceptors (Lipinski definition) is 3. The molecule has 0 N–H and O–H groups in total. The van der Waals surface area contributed by atoms with Crippen LogP contribution in [-0.4, -0.2) is 14.8 Å². The van der Waals surface area contributed by atoms with Crippen LogP contribution < -0.4 is 46.8 Å². The summed E-state index contributed by atoms with van der Waals surface area (Å²) in [6.07, 6.45) is 0. The first-order valence-corrected chi connectivity index (χ1v) is 18.2. The van der Waals surface area contributed by atoms with Gasteiger partial charge in [-0.05, 0) is 79.6 Å². The second-order valence-electron chi connectivity index (χ2n) is 12.8. The second-order valence-corrected chi connectivity index (χ2v) is 16.5. The Morgan fingerprint density at radius 1 is 0.468 bits per heavy atom. The van der Waals surface area contributed by atoms with Crippen molar-refractivity contribution in [2.45, 2.75) is 0 Å². The van der Waals surface area contributed by atoms with Gasteiger partial charge in [0.05, 0.1) is 0 Å². The number of benzene rings is 7. The van der Waals surface area contributed by atoms with Gasteiger partial charge in [-0.1, -0.05) is 109 Å². The Morgan fingerprint density at radius 3 is 1.83 bits per heavy atom. The molecule has 3 aliphatic rings. The van der Waals surface area contributed by atoms with Crippen LogP contribution in [0, 0.1) is 0 Å². The molecule has 0 saturated heterocycles. The molecule has 4 heterocycles. The molecule has 0 atom stereocenters. The van der Waals surface area contributed by atoms with Crippen molar-refractivity contribution in [1.29, 1.82) is 0 Å². The molecule has 5 heteroatoms. The van der Waals surface area contributed by atoms with E-state index in [-0.39, 0.29) is 6.71 Å². The quantitative estimate of drug-likeness (QED) is 0.239. The number of fused-ring (bicyclic) bond motifs is 3. The summed E-state index contributed by atoms with van der Waals surface area (Å²) in [5, 5.41) is 7.89. The lowest BCUT2D eigenvalue weighted by Crippen LogP contribution is -2.87. The third-order valence-electron chi connectivity index (χ3n) is 10.6. The van der Waals surface area contributed by atoms with Gasteiger partial charge in [-0.2, -0.15) is 0 Å². The van der Waals surface area contributed by atoms with Crippen molar-refractivity contribution in [2.75, 3.05) is 4.90 Å². The molecule has 0 bridgehead atoms. The maximum absolute atomic E-state index is 6.89. The number of para-hydroxylation sites is 1. The van der Waals surface area contributed by atoms with Crippen LogP contribution in [0.1, 0.15) is 0 Å².